The Morgan fingerprint density at radius 2 is 1.61 bits per heavy atom. The zero-order valence-corrected chi connectivity index (χ0v) is 19.3. The van der Waals surface area contributed by atoms with E-state index in [4.69, 9.17) is 30.2 Å². The molecule has 0 aliphatic carbocycles. The lowest BCUT2D eigenvalue weighted by Crippen LogP contribution is -2.16. The summed E-state index contributed by atoms with van der Waals surface area (Å²) in [5, 5.41) is 0.663. The second-order valence-electron chi connectivity index (χ2n) is 7.46. The maximum Gasteiger partial charge on any atom is 0.343 e. The molecule has 168 valence electrons. The number of methoxy groups -OCH3 is 2. The summed E-state index contributed by atoms with van der Waals surface area (Å²) in [6.45, 7) is 3.82. The van der Waals surface area contributed by atoms with Crippen LogP contribution in [0.3, 0.4) is 0 Å². The number of esters is 1. The number of carbonyl (C=O) groups excluding carboxylic acids is 1. The van der Waals surface area contributed by atoms with E-state index in [1.165, 1.54) is 26.4 Å². The fourth-order valence-electron chi connectivity index (χ4n) is 3.46. The van der Waals surface area contributed by atoms with E-state index in [2.05, 4.69) is 0 Å². The van der Waals surface area contributed by atoms with Gasteiger partial charge in [0.25, 0.3) is 0 Å². The van der Waals surface area contributed by atoms with Crippen molar-refractivity contribution < 1.29 is 23.4 Å². The first-order valence-corrected chi connectivity index (χ1v) is 10.5. The van der Waals surface area contributed by atoms with Crippen LogP contribution in [-0.4, -0.2) is 20.2 Å². The van der Waals surface area contributed by atoms with E-state index in [0.29, 0.717) is 33.1 Å². The van der Waals surface area contributed by atoms with Gasteiger partial charge in [0.05, 0.1) is 30.2 Å². The first kappa shape index (κ1) is 22.4. The molecule has 3 aromatic carbocycles. The first-order chi connectivity index (χ1) is 15.8. The molecule has 1 aromatic heterocycles. The van der Waals surface area contributed by atoms with Crippen molar-refractivity contribution in [3.8, 4) is 28.6 Å². The van der Waals surface area contributed by atoms with Crippen LogP contribution in [0.2, 0.25) is 5.02 Å². The Balaban J connectivity index is 1.90. The molecule has 33 heavy (non-hydrogen) atoms. The molecule has 0 amide bonds. The molecule has 0 unspecified atom stereocenters. The number of benzene rings is 3. The van der Waals surface area contributed by atoms with Gasteiger partial charge in [0, 0.05) is 5.56 Å². The van der Waals surface area contributed by atoms with E-state index < -0.39 is 11.4 Å². The number of fused-ring (bicyclic) bond motifs is 1. The quantitative estimate of drug-likeness (QED) is 0.339. The molecule has 7 heteroatoms. The zero-order chi connectivity index (χ0) is 23.7. The molecular formula is C26H21ClO6. The van der Waals surface area contributed by atoms with Crippen molar-refractivity contribution in [3.05, 3.63) is 86.5 Å². The molecule has 0 radical (unpaired) electrons. The molecule has 0 N–H and O–H groups in total. The summed E-state index contributed by atoms with van der Waals surface area (Å²) < 4.78 is 22.2. The van der Waals surface area contributed by atoms with E-state index in [1.807, 2.05) is 13.8 Å². The molecule has 0 aliphatic rings. The maximum atomic E-state index is 13.5. The van der Waals surface area contributed by atoms with Crippen molar-refractivity contribution in [2.45, 2.75) is 13.8 Å². The number of carbonyl (C=O) groups is 1. The Morgan fingerprint density at radius 3 is 2.30 bits per heavy atom. The Labute approximate surface area is 195 Å². The van der Waals surface area contributed by atoms with E-state index >= 15 is 0 Å². The van der Waals surface area contributed by atoms with Gasteiger partial charge < -0.3 is 18.6 Å². The second-order valence-corrected chi connectivity index (χ2v) is 7.87. The smallest absolute Gasteiger partial charge is 0.343 e. The summed E-state index contributed by atoms with van der Waals surface area (Å²) in [4.78, 5) is 26.5. The Hall–Kier alpha value is -3.77. The van der Waals surface area contributed by atoms with Gasteiger partial charge in [0.2, 0.25) is 11.2 Å². The molecule has 0 aliphatic heterocycles. The summed E-state index contributed by atoms with van der Waals surface area (Å²) >= 11 is 6.38. The number of hydrogen-bond donors (Lipinski definition) is 0. The van der Waals surface area contributed by atoms with Crippen LogP contribution in [0.25, 0.3) is 22.3 Å². The van der Waals surface area contributed by atoms with Crippen LogP contribution in [0.1, 0.15) is 21.5 Å². The van der Waals surface area contributed by atoms with Crippen LogP contribution >= 0.6 is 11.6 Å². The Bertz CT molecular complexity index is 1440. The number of halogens is 1. The van der Waals surface area contributed by atoms with E-state index in [0.717, 1.165) is 11.1 Å². The molecule has 1 heterocycles. The average molecular weight is 465 g/mol. The normalized spacial score (nSPS) is 10.8. The van der Waals surface area contributed by atoms with Crippen molar-refractivity contribution in [2.24, 2.45) is 0 Å². The van der Waals surface area contributed by atoms with Crippen molar-refractivity contribution in [1.29, 1.82) is 0 Å². The molecule has 6 nitrogen and oxygen atoms in total. The molecule has 4 rings (SSSR count). The van der Waals surface area contributed by atoms with Gasteiger partial charge in [-0.2, -0.15) is 0 Å². The number of hydrogen-bond acceptors (Lipinski definition) is 6. The van der Waals surface area contributed by atoms with Gasteiger partial charge in [-0.3, -0.25) is 4.79 Å². The molecule has 0 bridgehead atoms. The lowest BCUT2D eigenvalue weighted by atomic mass is 10.0. The predicted octanol–water partition coefficient (Wildman–Crippen LogP) is 5.97. The van der Waals surface area contributed by atoms with Crippen molar-refractivity contribution in [1.82, 2.24) is 0 Å². The molecule has 0 fully saturated rings. The number of aryl methyl sites for hydroxylation is 2. The fraction of sp³-hybridized carbons (Fsp3) is 0.154. The lowest BCUT2D eigenvalue weighted by Gasteiger charge is -2.13. The van der Waals surface area contributed by atoms with Crippen LogP contribution in [0.4, 0.5) is 0 Å². The third-order valence-corrected chi connectivity index (χ3v) is 5.73. The molecule has 0 saturated heterocycles. The largest absolute Gasteiger partial charge is 0.493 e. The zero-order valence-electron chi connectivity index (χ0n) is 18.5. The average Bonchev–Trinajstić information content (AvgIpc) is 2.82. The minimum atomic E-state index is -0.750. The minimum Gasteiger partial charge on any atom is -0.493 e. The Morgan fingerprint density at radius 1 is 0.909 bits per heavy atom. The van der Waals surface area contributed by atoms with Gasteiger partial charge in [-0.1, -0.05) is 23.7 Å². The van der Waals surface area contributed by atoms with Crippen LogP contribution in [0.5, 0.6) is 17.2 Å². The number of ether oxygens (including phenoxy) is 3. The Kier molecular flexibility index (Phi) is 6.11. The van der Waals surface area contributed by atoms with Gasteiger partial charge in [-0.15, -0.1) is 0 Å². The van der Waals surface area contributed by atoms with Crippen LogP contribution < -0.4 is 19.6 Å². The first-order valence-electron chi connectivity index (χ1n) is 10.1. The highest BCUT2D eigenvalue weighted by Crippen LogP contribution is 2.36. The van der Waals surface area contributed by atoms with E-state index in [9.17, 15) is 9.59 Å². The fourth-order valence-corrected chi connectivity index (χ4v) is 3.69. The van der Waals surface area contributed by atoms with Crippen LogP contribution in [0, 0.1) is 13.8 Å². The summed E-state index contributed by atoms with van der Waals surface area (Å²) in [7, 11) is 2.96. The summed E-state index contributed by atoms with van der Waals surface area (Å²) in [5.41, 5.74) is 2.40. The van der Waals surface area contributed by atoms with Crippen LogP contribution in [0.15, 0.2) is 63.8 Å². The molecule has 0 saturated carbocycles. The van der Waals surface area contributed by atoms with Gasteiger partial charge >= 0.3 is 5.97 Å². The standard InChI is InChI=1S/C26H21ClO6/c1-14-11-18-21(12-15(14)2)32-24(17-7-5-6-8-19(17)27)25(23(18)28)33-26(29)16-9-10-20(30-3)22(13-16)31-4/h5-13H,1-4H3. The van der Waals surface area contributed by atoms with E-state index in [-0.39, 0.29) is 17.1 Å². The SMILES string of the molecule is COc1ccc(C(=O)Oc2c(-c3ccccc3Cl)oc3cc(C)c(C)cc3c2=O)cc1OC. The highest BCUT2D eigenvalue weighted by Gasteiger charge is 2.23. The monoisotopic (exact) mass is 464 g/mol. The highest BCUT2D eigenvalue weighted by atomic mass is 35.5. The van der Waals surface area contributed by atoms with Gasteiger partial charge in [0.15, 0.2) is 17.3 Å². The van der Waals surface area contributed by atoms with Gasteiger partial charge in [0.1, 0.15) is 5.58 Å². The van der Waals surface area contributed by atoms with Crippen molar-refractivity contribution in [3.63, 3.8) is 0 Å². The molecule has 0 atom stereocenters. The minimum absolute atomic E-state index is 0.0789. The lowest BCUT2D eigenvalue weighted by molar-refractivity contribution is 0.0731. The third-order valence-electron chi connectivity index (χ3n) is 5.40. The second kappa shape index (κ2) is 9.00. The molecule has 0 spiro atoms. The summed E-state index contributed by atoms with van der Waals surface area (Å²) in [6.07, 6.45) is 0. The predicted molar refractivity (Wildman–Crippen MR) is 127 cm³/mol. The third kappa shape index (κ3) is 4.17. The molecule has 4 aromatic rings. The summed E-state index contributed by atoms with van der Waals surface area (Å²) in [6, 6.07) is 15.0. The van der Waals surface area contributed by atoms with Crippen molar-refractivity contribution in [2.75, 3.05) is 14.2 Å². The number of rotatable bonds is 5. The van der Waals surface area contributed by atoms with Crippen LogP contribution in [-0.2, 0) is 0 Å². The van der Waals surface area contributed by atoms with Crippen molar-refractivity contribution >= 4 is 28.5 Å². The van der Waals surface area contributed by atoms with E-state index in [1.54, 1.807) is 42.5 Å². The highest BCUT2D eigenvalue weighted by molar-refractivity contribution is 6.33. The molecular weight excluding hydrogens is 444 g/mol. The van der Waals surface area contributed by atoms with Gasteiger partial charge in [-0.05, 0) is 67.4 Å². The summed E-state index contributed by atoms with van der Waals surface area (Å²) in [5.74, 6) is -0.0923. The van der Waals surface area contributed by atoms with Gasteiger partial charge in [-0.25, -0.2) is 4.79 Å². The maximum absolute atomic E-state index is 13.5. The topological polar surface area (TPSA) is 75.0 Å².